The van der Waals surface area contributed by atoms with Gasteiger partial charge in [0.05, 0.1) is 4.47 Å². The molecule has 2 amide bonds. The fourth-order valence-electron chi connectivity index (χ4n) is 1.93. The van der Waals surface area contributed by atoms with Crippen molar-refractivity contribution in [1.29, 1.82) is 0 Å². The van der Waals surface area contributed by atoms with Gasteiger partial charge in [0.25, 0.3) is 10.0 Å². The minimum atomic E-state index is -4.83. The number of nitrogens with two attached hydrogens (primary N) is 1. The summed E-state index contributed by atoms with van der Waals surface area (Å²) in [4.78, 5) is 22.4. The van der Waals surface area contributed by atoms with Gasteiger partial charge in [0.15, 0.2) is 11.6 Å². The van der Waals surface area contributed by atoms with Crippen molar-refractivity contribution in [1.82, 2.24) is 5.16 Å². The quantitative estimate of drug-likeness (QED) is 0.703. The molecule has 13 heteroatoms. The molecule has 2 aromatic rings. The number of anilines is 1. The molecule has 0 bridgehead atoms. The highest BCUT2D eigenvalue weighted by atomic mass is 79.9. The number of primary amides is 1. The first kappa shape index (κ1) is 21.6. The number of carbonyl (C=O) groups is 2. The Morgan fingerprint density at radius 3 is 2.43 bits per heavy atom. The van der Waals surface area contributed by atoms with Gasteiger partial charge in [0, 0.05) is 6.07 Å². The number of carbonyl (C=O) groups excluding carboxylic acids is 2. The van der Waals surface area contributed by atoms with Crippen LogP contribution in [0.5, 0.6) is 5.75 Å². The van der Waals surface area contributed by atoms with Gasteiger partial charge in [-0.15, -0.1) is 4.31 Å². The largest absolute Gasteiger partial charge is 0.443 e. The topological polar surface area (TPSA) is 142 Å². The van der Waals surface area contributed by atoms with Gasteiger partial charge >= 0.3 is 12.2 Å². The molecule has 1 aromatic heterocycles. The number of rotatable bonds is 4. The molecule has 0 unspecified atom stereocenters. The first-order valence-corrected chi connectivity index (χ1v) is 9.72. The lowest BCUT2D eigenvalue weighted by Crippen LogP contribution is -2.41. The van der Waals surface area contributed by atoms with Gasteiger partial charge < -0.3 is 19.7 Å². The number of hydrogen-bond donors (Lipinski definition) is 1. The Morgan fingerprint density at radius 1 is 1.29 bits per heavy atom. The summed E-state index contributed by atoms with van der Waals surface area (Å²) in [7, 11) is -4.83. The Morgan fingerprint density at radius 2 is 1.93 bits per heavy atom. The number of hydrogen-bond acceptors (Lipinski definition) is 8. The standard InChI is InChI=1S/C15H15BrFN3O7S/c1-15(2,3)27-14(22)20(10-6-7-25-19-10)28(23,24)9-5-4-8(26-13(18)21)11(16)12(9)17/h4-7H,1-3H3,(H2,18,21). The number of benzene rings is 1. The SMILES string of the molecule is CC(C)(C)OC(=O)N(c1ccon1)S(=O)(=O)c1ccc(OC(N)=O)c(Br)c1F. The maximum absolute atomic E-state index is 14.7. The molecule has 0 radical (unpaired) electrons. The van der Waals surface area contributed by atoms with Crippen molar-refractivity contribution in [2.75, 3.05) is 4.31 Å². The smallest absolute Gasteiger partial charge is 0.430 e. The second kappa shape index (κ2) is 7.75. The molecular formula is C15H15BrFN3O7S. The van der Waals surface area contributed by atoms with Crippen LogP contribution < -0.4 is 14.8 Å². The molecule has 28 heavy (non-hydrogen) atoms. The molecule has 1 aromatic carbocycles. The molecular weight excluding hydrogens is 465 g/mol. The van der Waals surface area contributed by atoms with Gasteiger partial charge in [-0.2, -0.15) is 0 Å². The van der Waals surface area contributed by atoms with Gasteiger partial charge in [-0.25, -0.2) is 22.4 Å². The van der Waals surface area contributed by atoms with E-state index in [-0.39, 0.29) is 10.1 Å². The second-order valence-corrected chi connectivity index (χ2v) is 8.77. The monoisotopic (exact) mass is 479 g/mol. The van der Waals surface area contributed by atoms with Crippen LogP contribution in [-0.2, 0) is 14.8 Å². The van der Waals surface area contributed by atoms with Gasteiger partial charge in [-0.1, -0.05) is 5.16 Å². The molecule has 0 aliphatic rings. The van der Waals surface area contributed by atoms with E-state index in [9.17, 15) is 22.4 Å². The Kier molecular flexibility index (Phi) is 5.99. The summed E-state index contributed by atoms with van der Waals surface area (Å²) in [6.07, 6.45) is -1.53. The van der Waals surface area contributed by atoms with E-state index >= 15 is 0 Å². The van der Waals surface area contributed by atoms with Crippen molar-refractivity contribution in [2.24, 2.45) is 5.73 Å². The lowest BCUT2D eigenvalue weighted by molar-refractivity contribution is 0.0607. The van der Waals surface area contributed by atoms with Crippen molar-refractivity contribution in [3.8, 4) is 5.75 Å². The summed E-state index contributed by atoms with van der Waals surface area (Å²) >= 11 is 2.79. The number of sulfonamides is 1. The van der Waals surface area contributed by atoms with E-state index in [1.54, 1.807) is 0 Å². The lowest BCUT2D eigenvalue weighted by Gasteiger charge is -2.25. The van der Waals surface area contributed by atoms with Crippen LogP contribution in [0.4, 0.5) is 19.8 Å². The zero-order valence-electron chi connectivity index (χ0n) is 14.8. The van der Waals surface area contributed by atoms with Crippen molar-refractivity contribution < 1.29 is 36.4 Å². The first-order valence-electron chi connectivity index (χ1n) is 7.48. The van der Waals surface area contributed by atoms with Crippen molar-refractivity contribution in [2.45, 2.75) is 31.3 Å². The summed E-state index contributed by atoms with van der Waals surface area (Å²) in [5.41, 5.74) is 3.82. The predicted octanol–water partition coefficient (Wildman–Crippen LogP) is 3.16. The van der Waals surface area contributed by atoms with E-state index in [2.05, 4.69) is 30.3 Å². The maximum Gasteiger partial charge on any atom is 0.430 e. The van der Waals surface area contributed by atoms with Crippen molar-refractivity contribution in [3.63, 3.8) is 0 Å². The highest BCUT2D eigenvalue weighted by Crippen LogP contribution is 2.34. The van der Waals surface area contributed by atoms with Crippen LogP contribution in [0, 0.1) is 5.82 Å². The van der Waals surface area contributed by atoms with Gasteiger partial charge in [-0.05, 0) is 48.8 Å². The molecule has 0 saturated heterocycles. The highest BCUT2D eigenvalue weighted by molar-refractivity contribution is 9.10. The van der Waals surface area contributed by atoms with E-state index < -0.39 is 48.8 Å². The van der Waals surface area contributed by atoms with Crippen LogP contribution in [0.1, 0.15) is 20.8 Å². The van der Waals surface area contributed by atoms with Gasteiger partial charge in [0.2, 0.25) is 0 Å². The van der Waals surface area contributed by atoms with E-state index in [4.69, 9.17) is 10.5 Å². The first-order chi connectivity index (χ1) is 12.8. The maximum atomic E-state index is 14.7. The third kappa shape index (κ3) is 4.59. The molecule has 0 aliphatic heterocycles. The molecule has 0 spiro atoms. The van der Waals surface area contributed by atoms with Crippen molar-refractivity contribution >= 4 is 44.0 Å². The normalized spacial score (nSPS) is 11.8. The second-order valence-electron chi connectivity index (χ2n) is 6.22. The molecule has 0 aliphatic carbocycles. The van der Waals surface area contributed by atoms with Crippen LogP contribution in [0.15, 0.2) is 38.4 Å². The van der Waals surface area contributed by atoms with Crippen LogP contribution in [0.25, 0.3) is 0 Å². The van der Waals surface area contributed by atoms with Crippen LogP contribution >= 0.6 is 15.9 Å². The summed E-state index contributed by atoms with van der Waals surface area (Å²) in [6, 6.07) is 2.87. The number of ether oxygens (including phenoxy) is 2. The molecule has 10 nitrogen and oxygen atoms in total. The molecule has 152 valence electrons. The molecule has 2 N–H and O–H groups in total. The summed E-state index contributed by atoms with van der Waals surface area (Å²) in [5.74, 6) is -2.12. The van der Waals surface area contributed by atoms with E-state index in [1.165, 1.54) is 20.8 Å². The minimum Gasteiger partial charge on any atom is -0.443 e. The summed E-state index contributed by atoms with van der Waals surface area (Å²) < 4.78 is 54.7. The average molecular weight is 480 g/mol. The van der Waals surface area contributed by atoms with Crippen LogP contribution in [0.3, 0.4) is 0 Å². The molecule has 0 saturated carbocycles. The third-order valence-corrected chi connectivity index (χ3v) is 5.36. The Hall–Kier alpha value is -2.67. The summed E-state index contributed by atoms with van der Waals surface area (Å²) in [5, 5.41) is 3.42. The Balaban J connectivity index is 2.59. The lowest BCUT2D eigenvalue weighted by atomic mass is 10.2. The Bertz CT molecular complexity index is 1000. The Labute approximate surface area is 167 Å². The van der Waals surface area contributed by atoms with Crippen LogP contribution in [-0.4, -0.2) is 31.4 Å². The molecule has 0 atom stereocenters. The predicted molar refractivity (Wildman–Crippen MR) is 96.7 cm³/mol. The third-order valence-electron chi connectivity index (χ3n) is 2.93. The zero-order chi connectivity index (χ0) is 21.3. The average Bonchev–Trinajstić information content (AvgIpc) is 3.03. The molecule has 2 rings (SSSR count). The number of nitrogens with zero attached hydrogens (tertiary/aromatic N) is 2. The van der Waals surface area contributed by atoms with Gasteiger partial charge in [-0.3, -0.25) is 0 Å². The van der Waals surface area contributed by atoms with E-state index in [0.717, 1.165) is 24.5 Å². The molecule has 0 fully saturated rings. The number of halogens is 2. The molecule has 1 heterocycles. The minimum absolute atomic E-state index is 0.154. The van der Waals surface area contributed by atoms with E-state index in [0.29, 0.717) is 0 Å². The van der Waals surface area contributed by atoms with Crippen LogP contribution in [0.2, 0.25) is 0 Å². The fourth-order valence-corrected chi connectivity index (χ4v) is 3.83. The van der Waals surface area contributed by atoms with Gasteiger partial charge in [0.1, 0.15) is 22.5 Å². The van der Waals surface area contributed by atoms with E-state index in [1.807, 2.05) is 0 Å². The summed E-state index contributed by atoms with van der Waals surface area (Å²) in [6.45, 7) is 4.56. The number of amides is 2. The van der Waals surface area contributed by atoms with Crippen molar-refractivity contribution in [3.05, 3.63) is 34.8 Å². The number of aromatic nitrogens is 1. The zero-order valence-corrected chi connectivity index (χ0v) is 17.2. The highest BCUT2D eigenvalue weighted by Gasteiger charge is 2.38. The fraction of sp³-hybridized carbons (Fsp3) is 0.267.